The van der Waals surface area contributed by atoms with Crippen LogP contribution in [-0.2, 0) is 17.4 Å². The first kappa shape index (κ1) is 15.1. The van der Waals surface area contributed by atoms with E-state index in [1.165, 1.54) is 6.07 Å². The summed E-state index contributed by atoms with van der Waals surface area (Å²) >= 11 is 0. The molecule has 2 aromatic heterocycles. The first-order valence-corrected chi connectivity index (χ1v) is 7.98. The zero-order valence-electron chi connectivity index (χ0n) is 13.7. The number of aryl methyl sites for hydroxylation is 1. The summed E-state index contributed by atoms with van der Waals surface area (Å²) in [4.78, 5) is 6.42. The van der Waals surface area contributed by atoms with Crippen molar-refractivity contribution in [3.8, 4) is 0 Å². The molecule has 0 radical (unpaired) electrons. The molecule has 3 aromatic rings. The van der Waals surface area contributed by atoms with E-state index < -0.39 is 5.60 Å². The molecule has 24 heavy (non-hydrogen) atoms. The van der Waals surface area contributed by atoms with Gasteiger partial charge < -0.3 is 9.64 Å². The molecule has 1 aromatic carbocycles. The Morgan fingerprint density at radius 2 is 2.17 bits per heavy atom. The fourth-order valence-corrected chi connectivity index (χ4v) is 3.35. The molecule has 1 aliphatic rings. The second-order valence-electron chi connectivity index (χ2n) is 6.37. The number of benzene rings is 1. The molecule has 1 aliphatic heterocycles. The fourth-order valence-electron chi connectivity index (χ4n) is 3.35. The van der Waals surface area contributed by atoms with Gasteiger partial charge in [0.2, 0.25) is 0 Å². The maximum absolute atomic E-state index is 14.0. The van der Waals surface area contributed by atoms with E-state index in [2.05, 4.69) is 21.9 Å². The largest absolute Gasteiger partial charge is 0.367 e. The van der Waals surface area contributed by atoms with Crippen LogP contribution in [0.5, 0.6) is 0 Å². The van der Waals surface area contributed by atoms with E-state index in [1.54, 1.807) is 16.9 Å². The lowest BCUT2D eigenvalue weighted by Crippen LogP contribution is -2.48. The van der Waals surface area contributed by atoms with E-state index in [0.717, 1.165) is 23.2 Å². The standard InChI is InChI=1S/C18H19FN4O/c1-18(13-10-21-22(2)11-13)12-23(8-9-24-18)16-6-7-20-17-14(16)4-3-5-15(17)19/h3-7,10-11H,8-9,12H2,1-2H3/t18-/m1/s1. The Morgan fingerprint density at radius 3 is 2.96 bits per heavy atom. The van der Waals surface area contributed by atoms with Crippen molar-refractivity contribution in [3.63, 3.8) is 0 Å². The van der Waals surface area contributed by atoms with Crippen LogP contribution >= 0.6 is 0 Å². The van der Waals surface area contributed by atoms with Gasteiger partial charge in [-0.15, -0.1) is 0 Å². The van der Waals surface area contributed by atoms with Crippen LogP contribution in [0, 0.1) is 5.82 Å². The van der Waals surface area contributed by atoms with Crippen molar-refractivity contribution in [2.24, 2.45) is 7.05 Å². The minimum atomic E-state index is -0.449. The lowest BCUT2D eigenvalue weighted by molar-refractivity contribution is -0.0465. The van der Waals surface area contributed by atoms with Gasteiger partial charge in [0.25, 0.3) is 0 Å². The third-order valence-corrected chi connectivity index (χ3v) is 4.63. The van der Waals surface area contributed by atoms with E-state index in [9.17, 15) is 4.39 Å². The first-order chi connectivity index (χ1) is 11.6. The predicted molar refractivity (Wildman–Crippen MR) is 90.4 cm³/mol. The van der Waals surface area contributed by atoms with Gasteiger partial charge in [0.1, 0.15) is 16.9 Å². The minimum Gasteiger partial charge on any atom is -0.367 e. The predicted octanol–water partition coefficient (Wildman–Crippen LogP) is 2.86. The fraction of sp³-hybridized carbons (Fsp3) is 0.333. The molecule has 0 N–H and O–H groups in total. The molecule has 3 heterocycles. The number of rotatable bonds is 2. The Hall–Kier alpha value is -2.47. The van der Waals surface area contributed by atoms with Gasteiger partial charge in [-0.1, -0.05) is 12.1 Å². The molecule has 1 fully saturated rings. The first-order valence-electron chi connectivity index (χ1n) is 7.98. The Bertz CT molecular complexity index is 894. The molecule has 5 nitrogen and oxygen atoms in total. The number of aromatic nitrogens is 3. The summed E-state index contributed by atoms with van der Waals surface area (Å²) in [5.74, 6) is -0.294. The van der Waals surface area contributed by atoms with Gasteiger partial charge in [-0.25, -0.2) is 4.39 Å². The Labute approximate surface area is 139 Å². The number of anilines is 1. The molecule has 0 amide bonds. The summed E-state index contributed by atoms with van der Waals surface area (Å²) in [5.41, 5.74) is 1.98. The second-order valence-corrected chi connectivity index (χ2v) is 6.37. The zero-order valence-corrected chi connectivity index (χ0v) is 13.7. The highest BCUT2D eigenvalue weighted by atomic mass is 19.1. The van der Waals surface area contributed by atoms with Gasteiger partial charge in [-0.05, 0) is 19.1 Å². The van der Waals surface area contributed by atoms with Crippen LogP contribution in [0.25, 0.3) is 10.9 Å². The minimum absolute atomic E-state index is 0.294. The molecular weight excluding hydrogens is 307 g/mol. The Morgan fingerprint density at radius 1 is 1.29 bits per heavy atom. The number of halogens is 1. The van der Waals surface area contributed by atoms with Gasteiger partial charge in [-0.3, -0.25) is 9.67 Å². The van der Waals surface area contributed by atoms with Crippen LogP contribution in [0.1, 0.15) is 12.5 Å². The normalized spacial score (nSPS) is 21.4. The third kappa shape index (κ3) is 2.43. The van der Waals surface area contributed by atoms with E-state index in [-0.39, 0.29) is 5.82 Å². The van der Waals surface area contributed by atoms with Crippen molar-refractivity contribution in [1.82, 2.24) is 14.8 Å². The van der Waals surface area contributed by atoms with Crippen molar-refractivity contribution in [2.75, 3.05) is 24.6 Å². The lowest BCUT2D eigenvalue weighted by atomic mass is 9.96. The van der Waals surface area contributed by atoms with Crippen molar-refractivity contribution in [1.29, 1.82) is 0 Å². The quantitative estimate of drug-likeness (QED) is 0.726. The third-order valence-electron chi connectivity index (χ3n) is 4.63. The van der Waals surface area contributed by atoms with Crippen LogP contribution in [-0.4, -0.2) is 34.5 Å². The number of nitrogens with zero attached hydrogens (tertiary/aromatic N) is 4. The van der Waals surface area contributed by atoms with Crippen molar-refractivity contribution >= 4 is 16.6 Å². The summed E-state index contributed by atoms with van der Waals surface area (Å²) in [6, 6.07) is 7.02. The zero-order chi connectivity index (χ0) is 16.7. The van der Waals surface area contributed by atoms with Crippen molar-refractivity contribution in [2.45, 2.75) is 12.5 Å². The molecule has 0 spiro atoms. The Balaban J connectivity index is 1.74. The van der Waals surface area contributed by atoms with E-state index in [1.807, 2.05) is 31.6 Å². The molecule has 0 aliphatic carbocycles. The highest BCUT2D eigenvalue weighted by Crippen LogP contribution is 2.34. The summed E-state index contributed by atoms with van der Waals surface area (Å²) in [7, 11) is 1.90. The smallest absolute Gasteiger partial charge is 0.149 e. The Kier molecular flexibility index (Phi) is 3.49. The molecule has 0 unspecified atom stereocenters. The van der Waals surface area contributed by atoms with E-state index >= 15 is 0 Å². The summed E-state index contributed by atoms with van der Waals surface area (Å²) in [6.07, 6.45) is 5.49. The second kappa shape index (κ2) is 5.56. The van der Waals surface area contributed by atoms with Crippen LogP contribution in [0.15, 0.2) is 42.9 Å². The number of morpholine rings is 1. The summed E-state index contributed by atoms with van der Waals surface area (Å²) in [5, 5.41) is 5.08. The highest BCUT2D eigenvalue weighted by Gasteiger charge is 2.35. The monoisotopic (exact) mass is 326 g/mol. The summed E-state index contributed by atoms with van der Waals surface area (Å²) in [6.45, 7) is 4.10. The van der Waals surface area contributed by atoms with Crippen molar-refractivity contribution < 1.29 is 9.13 Å². The van der Waals surface area contributed by atoms with Crippen molar-refractivity contribution in [3.05, 3.63) is 54.2 Å². The average Bonchev–Trinajstić information content (AvgIpc) is 3.02. The van der Waals surface area contributed by atoms with Gasteiger partial charge in [-0.2, -0.15) is 5.10 Å². The van der Waals surface area contributed by atoms with E-state index in [0.29, 0.717) is 18.7 Å². The highest BCUT2D eigenvalue weighted by molar-refractivity contribution is 5.91. The number of ether oxygens (including phenoxy) is 1. The number of hydrogen-bond donors (Lipinski definition) is 0. The molecule has 0 saturated carbocycles. The van der Waals surface area contributed by atoms with Crippen LogP contribution in [0.2, 0.25) is 0 Å². The molecule has 124 valence electrons. The molecular formula is C18H19FN4O. The van der Waals surface area contributed by atoms with Crippen LogP contribution in [0.3, 0.4) is 0 Å². The maximum atomic E-state index is 14.0. The van der Waals surface area contributed by atoms with Gasteiger partial charge in [0, 0.05) is 42.6 Å². The topological polar surface area (TPSA) is 43.2 Å². The summed E-state index contributed by atoms with van der Waals surface area (Å²) < 4.78 is 21.9. The number of hydrogen-bond acceptors (Lipinski definition) is 4. The van der Waals surface area contributed by atoms with Gasteiger partial charge in [0.05, 0.1) is 19.3 Å². The van der Waals surface area contributed by atoms with E-state index in [4.69, 9.17) is 4.74 Å². The SMILES string of the molecule is Cn1cc([C@@]2(C)CN(c3ccnc4c(F)cccc34)CCO2)cn1. The maximum Gasteiger partial charge on any atom is 0.149 e. The molecule has 1 saturated heterocycles. The van der Waals surface area contributed by atoms with Crippen LogP contribution in [0.4, 0.5) is 10.1 Å². The lowest BCUT2D eigenvalue weighted by Gasteiger charge is -2.41. The van der Waals surface area contributed by atoms with Gasteiger partial charge >= 0.3 is 0 Å². The average molecular weight is 326 g/mol. The number of pyridine rings is 1. The number of fused-ring (bicyclic) bond motifs is 1. The molecule has 4 rings (SSSR count). The van der Waals surface area contributed by atoms with Crippen LogP contribution < -0.4 is 4.90 Å². The molecule has 6 heteroatoms. The molecule has 1 atom stereocenters. The number of para-hydroxylation sites is 1. The molecule has 0 bridgehead atoms. The van der Waals surface area contributed by atoms with Gasteiger partial charge in [0.15, 0.2) is 0 Å².